The van der Waals surface area contributed by atoms with Crippen LogP contribution in [-0.4, -0.2) is 45.9 Å². The molecule has 2 aliphatic heterocycles. The maximum absolute atomic E-state index is 12.4. The van der Waals surface area contributed by atoms with Crippen LogP contribution in [0.5, 0.6) is 0 Å². The van der Waals surface area contributed by atoms with Gasteiger partial charge < -0.3 is 9.64 Å². The van der Waals surface area contributed by atoms with Crippen molar-refractivity contribution in [1.29, 1.82) is 0 Å². The summed E-state index contributed by atoms with van der Waals surface area (Å²) in [7, 11) is 1.95. The van der Waals surface area contributed by atoms with Gasteiger partial charge in [-0.05, 0) is 36.3 Å². The lowest BCUT2D eigenvalue weighted by Crippen LogP contribution is -2.46. The minimum Gasteiger partial charge on any atom is -0.374 e. The third-order valence-electron chi connectivity index (χ3n) is 5.14. The molecule has 4 heterocycles. The first kappa shape index (κ1) is 14.9. The van der Waals surface area contributed by atoms with Crippen LogP contribution in [-0.2, 0) is 11.8 Å². The molecular formula is C17H21N3O2S. The molecule has 6 heteroatoms. The SMILES string of the molecule is Cn1cc(C2COC3(CCN(C(=O)c4ccsc4)CC3)C2)cn1. The highest BCUT2D eigenvalue weighted by atomic mass is 32.1. The zero-order chi connectivity index (χ0) is 15.9. The van der Waals surface area contributed by atoms with Gasteiger partial charge in [0.15, 0.2) is 0 Å². The highest BCUT2D eigenvalue weighted by molar-refractivity contribution is 7.08. The molecule has 0 aliphatic carbocycles. The average Bonchev–Trinajstić information content (AvgIpc) is 3.28. The van der Waals surface area contributed by atoms with Crippen molar-refractivity contribution in [3.8, 4) is 0 Å². The molecule has 1 amide bonds. The molecule has 2 saturated heterocycles. The average molecular weight is 331 g/mol. The molecule has 5 nitrogen and oxygen atoms in total. The highest BCUT2D eigenvalue weighted by Gasteiger charge is 2.44. The van der Waals surface area contributed by atoms with E-state index in [-0.39, 0.29) is 11.5 Å². The zero-order valence-corrected chi connectivity index (χ0v) is 14.1. The quantitative estimate of drug-likeness (QED) is 0.850. The summed E-state index contributed by atoms with van der Waals surface area (Å²) < 4.78 is 8.05. The summed E-state index contributed by atoms with van der Waals surface area (Å²) in [5, 5.41) is 8.15. The lowest BCUT2D eigenvalue weighted by molar-refractivity contribution is -0.0388. The normalized spacial score (nSPS) is 23.5. The van der Waals surface area contributed by atoms with E-state index in [9.17, 15) is 4.79 Å². The smallest absolute Gasteiger partial charge is 0.254 e. The number of hydrogen-bond acceptors (Lipinski definition) is 4. The van der Waals surface area contributed by atoms with Crippen molar-refractivity contribution in [2.45, 2.75) is 30.8 Å². The monoisotopic (exact) mass is 331 g/mol. The molecule has 0 N–H and O–H groups in total. The van der Waals surface area contributed by atoms with Crippen LogP contribution in [0.2, 0.25) is 0 Å². The topological polar surface area (TPSA) is 47.4 Å². The van der Waals surface area contributed by atoms with E-state index in [4.69, 9.17) is 4.74 Å². The molecule has 2 aliphatic rings. The van der Waals surface area contributed by atoms with Gasteiger partial charge in [0.05, 0.1) is 24.0 Å². The molecule has 4 rings (SSSR count). The fourth-order valence-electron chi connectivity index (χ4n) is 3.74. The van der Waals surface area contributed by atoms with Crippen LogP contribution >= 0.6 is 11.3 Å². The maximum atomic E-state index is 12.4. The van der Waals surface area contributed by atoms with Gasteiger partial charge in [0, 0.05) is 37.6 Å². The van der Waals surface area contributed by atoms with E-state index in [1.165, 1.54) is 5.56 Å². The van der Waals surface area contributed by atoms with E-state index in [1.807, 2.05) is 39.7 Å². The van der Waals surface area contributed by atoms with Crippen LogP contribution in [0.15, 0.2) is 29.2 Å². The second kappa shape index (κ2) is 5.76. The summed E-state index contributed by atoms with van der Waals surface area (Å²) in [6, 6.07) is 1.90. The molecular weight excluding hydrogens is 310 g/mol. The molecule has 0 radical (unpaired) electrons. The van der Waals surface area contributed by atoms with Gasteiger partial charge in [-0.25, -0.2) is 0 Å². The first-order valence-electron chi connectivity index (χ1n) is 8.09. The van der Waals surface area contributed by atoms with Gasteiger partial charge in [0.1, 0.15) is 0 Å². The van der Waals surface area contributed by atoms with Crippen molar-refractivity contribution in [3.05, 3.63) is 40.3 Å². The van der Waals surface area contributed by atoms with E-state index >= 15 is 0 Å². The van der Waals surface area contributed by atoms with Crippen molar-refractivity contribution in [1.82, 2.24) is 14.7 Å². The molecule has 2 aromatic rings. The molecule has 2 aromatic heterocycles. The summed E-state index contributed by atoms with van der Waals surface area (Å²) in [4.78, 5) is 14.4. The molecule has 1 atom stereocenters. The van der Waals surface area contributed by atoms with Crippen molar-refractivity contribution < 1.29 is 9.53 Å². The van der Waals surface area contributed by atoms with E-state index in [1.54, 1.807) is 11.3 Å². The number of rotatable bonds is 2. The Balaban J connectivity index is 1.39. The Morgan fingerprint density at radius 3 is 2.91 bits per heavy atom. The van der Waals surface area contributed by atoms with Crippen LogP contribution in [0, 0.1) is 0 Å². The Bertz CT molecular complexity index is 687. The molecule has 122 valence electrons. The molecule has 2 fully saturated rings. The van der Waals surface area contributed by atoms with Gasteiger partial charge in [-0.15, -0.1) is 0 Å². The molecule has 1 unspecified atom stereocenters. The van der Waals surface area contributed by atoms with Gasteiger partial charge in [0.25, 0.3) is 5.91 Å². The van der Waals surface area contributed by atoms with Gasteiger partial charge in [-0.3, -0.25) is 9.48 Å². The number of carbonyl (C=O) groups is 1. The Labute approximate surface area is 139 Å². The predicted molar refractivity (Wildman–Crippen MR) is 88.7 cm³/mol. The summed E-state index contributed by atoms with van der Waals surface area (Å²) in [5.74, 6) is 0.589. The van der Waals surface area contributed by atoms with E-state index in [0.717, 1.165) is 44.5 Å². The van der Waals surface area contributed by atoms with Crippen molar-refractivity contribution >= 4 is 17.2 Å². The Kier molecular flexibility index (Phi) is 3.73. The van der Waals surface area contributed by atoms with Gasteiger partial charge in [0.2, 0.25) is 0 Å². The molecule has 0 bridgehead atoms. The third kappa shape index (κ3) is 2.81. The number of aromatic nitrogens is 2. The second-order valence-corrected chi connectivity index (χ2v) is 7.43. The van der Waals surface area contributed by atoms with Crippen LogP contribution in [0.4, 0.5) is 0 Å². The largest absolute Gasteiger partial charge is 0.374 e. The molecule has 0 saturated carbocycles. The number of ether oxygens (including phenoxy) is 1. The summed E-state index contributed by atoms with van der Waals surface area (Å²) in [6.45, 7) is 2.34. The zero-order valence-electron chi connectivity index (χ0n) is 13.3. The first-order chi connectivity index (χ1) is 11.2. The minimum atomic E-state index is -0.0497. The number of likely N-dealkylation sites (tertiary alicyclic amines) is 1. The summed E-state index contributed by atoms with van der Waals surface area (Å²) >= 11 is 1.57. The van der Waals surface area contributed by atoms with Crippen LogP contribution < -0.4 is 0 Å². The van der Waals surface area contributed by atoms with Gasteiger partial charge in [-0.2, -0.15) is 16.4 Å². The van der Waals surface area contributed by atoms with Crippen LogP contribution in [0.25, 0.3) is 0 Å². The predicted octanol–water partition coefficient (Wildman–Crippen LogP) is 2.66. The lowest BCUT2D eigenvalue weighted by atomic mass is 9.84. The Hall–Kier alpha value is -1.66. The number of hydrogen-bond donors (Lipinski definition) is 0. The Morgan fingerprint density at radius 2 is 2.26 bits per heavy atom. The third-order valence-corrected chi connectivity index (χ3v) is 5.82. The fraction of sp³-hybridized carbons (Fsp3) is 0.529. The van der Waals surface area contributed by atoms with Crippen LogP contribution in [0.1, 0.15) is 41.1 Å². The number of piperidine rings is 1. The molecule has 1 spiro atoms. The number of aryl methyl sites for hydroxylation is 1. The summed E-state index contributed by atoms with van der Waals surface area (Å²) in [6.07, 6.45) is 6.93. The van der Waals surface area contributed by atoms with Crippen molar-refractivity contribution in [2.75, 3.05) is 19.7 Å². The minimum absolute atomic E-state index is 0.0497. The number of carbonyl (C=O) groups excluding carboxylic acids is 1. The van der Waals surface area contributed by atoms with Crippen molar-refractivity contribution in [3.63, 3.8) is 0 Å². The van der Waals surface area contributed by atoms with E-state index in [2.05, 4.69) is 11.3 Å². The van der Waals surface area contributed by atoms with Crippen molar-refractivity contribution in [2.24, 2.45) is 7.05 Å². The Morgan fingerprint density at radius 1 is 1.43 bits per heavy atom. The molecule has 23 heavy (non-hydrogen) atoms. The molecule has 0 aromatic carbocycles. The highest BCUT2D eigenvalue weighted by Crippen LogP contribution is 2.42. The second-order valence-electron chi connectivity index (χ2n) is 6.65. The number of thiophene rings is 1. The maximum Gasteiger partial charge on any atom is 0.254 e. The van der Waals surface area contributed by atoms with Gasteiger partial charge >= 0.3 is 0 Å². The first-order valence-corrected chi connectivity index (χ1v) is 9.03. The lowest BCUT2D eigenvalue weighted by Gasteiger charge is -2.38. The standard InChI is InChI=1S/C17H21N3O2S/c1-19-10-15(9-18-19)14-8-17(22-11-14)3-5-20(6-4-17)16(21)13-2-7-23-12-13/h2,7,9-10,12,14H,3-6,8,11H2,1H3. The summed E-state index contributed by atoms with van der Waals surface area (Å²) in [5.41, 5.74) is 2.03. The van der Waals surface area contributed by atoms with E-state index in [0.29, 0.717) is 5.92 Å². The fourth-order valence-corrected chi connectivity index (χ4v) is 4.37. The number of nitrogens with zero attached hydrogens (tertiary/aromatic N) is 3. The van der Waals surface area contributed by atoms with Gasteiger partial charge in [-0.1, -0.05) is 0 Å². The van der Waals surface area contributed by atoms with Crippen LogP contribution in [0.3, 0.4) is 0 Å². The van der Waals surface area contributed by atoms with E-state index < -0.39 is 0 Å². The number of amides is 1.